The first-order valence-electron chi connectivity index (χ1n) is 17.1. The lowest BCUT2D eigenvalue weighted by Gasteiger charge is -2.34. The van der Waals surface area contributed by atoms with E-state index in [4.69, 9.17) is 0 Å². The Labute approximate surface area is 287 Å². The Hall–Kier alpha value is -4.44. The molecule has 11 nitrogen and oxygen atoms in total. The van der Waals surface area contributed by atoms with E-state index in [-0.39, 0.29) is 29.6 Å². The molecule has 12 heteroatoms. The van der Waals surface area contributed by atoms with Gasteiger partial charge in [-0.25, -0.2) is 0 Å². The fraction of sp³-hybridized carbons (Fsp3) is 0.432. The van der Waals surface area contributed by atoms with Gasteiger partial charge in [-0.2, -0.15) is 22.3 Å². The average molecular weight is 680 g/mol. The van der Waals surface area contributed by atoms with Gasteiger partial charge in [0.15, 0.2) is 5.78 Å². The smallest absolute Gasteiger partial charge is 0.281 e. The molecule has 0 unspecified atom stereocenters. The predicted molar refractivity (Wildman–Crippen MR) is 183 cm³/mol. The van der Waals surface area contributed by atoms with Crippen LogP contribution in [0.5, 0.6) is 0 Å². The average Bonchev–Trinajstić information content (AvgIpc) is 3.44. The lowest BCUT2D eigenvalue weighted by molar-refractivity contribution is -0.132. The third-order valence-electron chi connectivity index (χ3n) is 10.7. The molecule has 3 aromatic rings. The molecule has 0 spiro atoms. The van der Waals surface area contributed by atoms with Gasteiger partial charge in [-0.3, -0.25) is 24.5 Å². The first-order chi connectivity index (χ1) is 23.7. The number of amides is 1. The van der Waals surface area contributed by atoms with Gasteiger partial charge in [-0.1, -0.05) is 19.8 Å². The molecule has 1 amide bonds. The third-order valence-corrected chi connectivity index (χ3v) is 12.6. The molecule has 49 heavy (non-hydrogen) atoms. The van der Waals surface area contributed by atoms with Crippen LogP contribution in [0.4, 0.5) is 0 Å². The predicted octanol–water partition coefficient (Wildman–Crippen LogP) is 3.72. The Bertz CT molecular complexity index is 1820. The second-order valence-electron chi connectivity index (χ2n) is 13.8. The van der Waals surface area contributed by atoms with Gasteiger partial charge in [0.25, 0.3) is 16.1 Å². The molecule has 1 aliphatic carbocycles. The van der Waals surface area contributed by atoms with Crippen LogP contribution in [-0.4, -0.2) is 81.3 Å². The van der Waals surface area contributed by atoms with E-state index in [9.17, 15) is 23.3 Å². The van der Waals surface area contributed by atoms with Crippen molar-refractivity contribution in [1.82, 2.24) is 28.8 Å². The molecule has 4 fully saturated rings. The number of aromatic nitrogens is 2. The zero-order chi connectivity index (χ0) is 34.2. The zero-order valence-corrected chi connectivity index (χ0v) is 28.4. The van der Waals surface area contributed by atoms with E-state index in [1.54, 1.807) is 62.6 Å². The van der Waals surface area contributed by atoms with Gasteiger partial charge < -0.3 is 5.32 Å². The van der Waals surface area contributed by atoms with Gasteiger partial charge >= 0.3 is 0 Å². The molecule has 1 aromatic carbocycles. The van der Waals surface area contributed by atoms with E-state index in [0.29, 0.717) is 61.9 Å². The van der Waals surface area contributed by atoms with Crippen LogP contribution in [-0.2, 0) is 27.8 Å². The van der Waals surface area contributed by atoms with Crippen LogP contribution < -0.4 is 5.32 Å². The fourth-order valence-electron chi connectivity index (χ4n) is 8.05. The van der Waals surface area contributed by atoms with Crippen molar-refractivity contribution in [3.05, 3.63) is 107 Å². The maximum Gasteiger partial charge on any atom is 0.281 e. The summed E-state index contributed by atoms with van der Waals surface area (Å²) in [5, 5.41) is 12.8. The standard InChI is InChI=1S/C37H41N7O4S/c1-2-3-26-12-18-42(19-13-26)49(47,48)43-24-31-32(25-43)35(31)44-34(20-33(45)30-6-4-29(23-38)5-7-30)41-37(36(44)46,21-27-8-14-39-15-9-27)22-28-10-16-40-17-11-28/h4-11,14-17,20,26,31-32,35,41H,2-3,12-13,18-19,21-22,24-25H2,1H3/b34-20+/t31-,32+,35+. The quantitative estimate of drug-likeness (QED) is 0.239. The van der Waals surface area contributed by atoms with E-state index in [1.165, 1.54) is 6.08 Å². The second kappa shape index (κ2) is 13.5. The van der Waals surface area contributed by atoms with Crippen molar-refractivity contribution in [2.45, 2.75) is 57.0 Å². The number of nitriles is 1. The lowest BCUT2D eigenvalue weighted by atomic mass is 9.85. The highest BCUT2D eigenvalue weighted by molar-refractivity contribution is 7.86. The second-order valence-corrected chi connectivity index (χ2v) is 15.7. The van der Waals surface area contributed by atoms with E-state index >= 15 is 0 Å². The highest BCUT2D eigenvalue weighted by atomic mass is 32.2. The molecular weight excluding hydrogens is 639 g/mol. The number of hydrogen-bond donors (Lipinski definition) is 1. The van der Waals surface area contributed by atoms with E-state index in [0.717, 1.165) is 36.8 Å². The van der Waals surface area contributed by atoms with Crippen molar-refractivity contribution < 1.29 is 18.0 Å². The number of carbonyl (C=O) groups excluding carboxylic acids is 2. The molecule has 0 bridgehead atoms. The van der Waals surface area contributed by atoms with Crippen molar-refractivity contribution in [3.8, 4) is 6.07 Å². The van der Waals surface area contributed by atoms with Gasteiger partial charge in [-0.05, 0) is 78.4 Å². The monoisotopic (exact) mass is 679 g/mol. The Morgan fingerprint density at radius 3 is 2.04 bits per heavy atom. The van der Waals surface area contributed by atoms with Crippen LogP contribution in [0.1, 0.15) is 59.7 Å². The largest absolute Gasteiger partial charge is 0.357 e. The molecule has 3 aliphatic heterocycles. The van der Waals surface area contributed by atoms with Crippen molar-refractivity contribution in [2.24, 2.45) is 17.8 Å². The highest BCUT2D eigenvalue weighted by Crippen LogP contribution is 2.53. The lowest BCUT2D eigenvalue weighted by Crippen LogP contribution is -2.51. The molecule has 3 atom stereocenters. The normalized spacial score (nSPS) is 24.8. The van der Waals surface area contributed by atoms with Crippen LogP contribution in [0, 0.1) is 29.1 Å². The number of benzene rings is 1. The number of nitrogens with zero attached hydrogens (tertiary/aromatic N) is 6. The van der Waals surface area contributed by atoms with E-state index < -0.39 is 15.7 Å². The Morgan fingerprint density at radius 2 is 1.51 bits per heavy atom. The number of fused-ring (bicyclic) bond motifs is 1. The molecular formula is C37H41N7O4S. The summed E-state index contributed by atoms with van der Waals surface area (Å²) in [6, 6.07) is 15.8. The molecule has 5 heterocycles. The van der Waals surface area contributed by atoms with Gasteiger partial charge in [0.1, 0.15) is 11.4 Å². The number of ketones is 1. The van der Waals surface area contributed by atoms with Crippen LogP contribution in [0.25, 0.3) is 0 Å². The van der Waals surface area contributed by atoms with Crippen LogP contribution in [0.3, 0.4) is 0 Å². The van der Waals surface area contributed by atoms with Crippen molar-refractivity contribution >= 4 is 21.9 Å². The molecule has 4 aliphatic rings. The number of carbonyl (C=O) groups is 2. The number of hydrogen-bond acceptors (Lipinski definition) is 8. The molecule has 1 saturated carbocycles. The van der Waals surface area contributed by atoms with Crippen molar-refractivity contribution in [1.29, 1.82) is 5.26 Å². The maximum absolute atomic E-state index is 14.9. The summed E-state index contributed by atoms with van der Waals surface area (Å²) in [4.78, 5) is 38.6. The van der Waals surface area contributed by atoms with Gasteiger partial charge in [0.2, 0.25) is 0 Å². The number of piperidine rings is 2. The Kier molecular flexibility index (Phi) is 9.09. The molecule has 254 valence electrons. The minimum atomic E-state index is -3.60. The minimum Gasteiger partial charge on any atom is -0.357 e. The SMILES string of the molecule is CCCC1CCN(S(=O)(=O)N2C[C@@H]3[C@H](C2)[C@H]3N2C(=O)C(Cc3ccncc3)(Cc3ccncc3)N/C2=C\C(=O)c2ccc(C#N)cc2)CC1. The molecule has 7 rings (SSSR count). The molecule has 2 aromatic heterocycles. The van der Waals surface area contributed by atoms with Gasteiger partial charge in [0, 0.05) is 93.3 Å². The summed E-state index contributed by atoms with van der Waals surface area (Å²) in [6.45, 7) is 3.95. The summed E-state index contributed by atoms with van der Waals surface area (Å²) >= 11 is 0. The van der Waals surface area contributed by atoms with Crippen molar-refractivity contribution in [2.75, 3.05) is 26.2 Å². The Balaban J connectivity index is 1.18. The van der Waals surface area contributed by atoms with Gasteiger partial charge in [0.05, 0.1) is 11.6 Å². The summed E-state index contributed by atoms with van der Waals surface area (Å²) < 4.78 is 30.6. The molecule has 0 radical (unpaired) electrons. The van der Waals surface area contributed by atoms with Crippen molar-refractivity contribution in [3.63, 3.8) is 0 Å². The summed E-state index contributed by atoms with van der Waals surface area (Å²) in [5.74, 6) is 0.475. The molecule has 1 N–H and O–H groups in total. The van der Waals surface area contributed by atoms with Crippen LogP contribution >= 0.6 is 0 Å². The number of allylic oxidation sites excluding steroid dienone is 1. The fourth-order valence-corrected chi connectivity index (χ4v) is 9.77. The summed E-state index contributed by atoms with van der Waals surface area (Å²) in [6.07, 6.45) is 13.0. The van der Waals surface area contributed by atoms with Crippen LogP contribution in [0.2, 0.25) is 0 Å². The van der Waals surface area contributed by atoms with Crippen LogP contribution in [0.15, 0.2) is 85.2 Å². The highest BCUT2D eigenvalue weighted by Gasteiger charge is 2.66. The molecule has 3 saturated heterocycles. The number of rotatable bonds is 11. The first kappa shape index (κ1) is 33.1. The number of nitrogens with one attached hydrogen (secondary N) is 1. The topological polar surface area (TPSA) is 140 Å². The zero-order valence-electron chi connectivity index (χ0n) is 27.6. The van der Waals surface area contributed by atoms with Gasteiger partial charge in [-0.15, -0.1) is 0 Å². The summed E-state index contributed by atoms with van der Waals surface area (Å²) in [5.41, 5.74) is 1.58. The third kappa shape index (κ3) is 6.50. The maximum atomic E-state index is 14.9. The summed E-state index contributed by atoms with van der Waals surface area (Å²) in [7, 11) is -3.60. The van der Waals surface area contributed by atoms with E-state index in [1.807, 2.05) is 24.3 Å². The van der Waals surface area contributed by atoms with E-state index in [2.05, 4.69) is 28.3 Å². The minimum absolute atomic E-state index is 0.0378. The first-order valence-corrected chi connectivity index (χ1v) is 18.5. The Morgan fingerprint density at radius 1 is 0.939 bits per heavy atom. The number of pyridine rings is 2.